The third kappa shape index (κ3) is 4.83. The molecule has 0 fully saturated rings. The summed E-state index contributed by atoms with van der Waals surface area (Å²) < 4.78 is 30.3. The van der Waals surface area contributed by atoms with E-state index in [4.69, 9.17) is 17.0 Å². The molecule has 0 saturated carbocycles. The molecule has 2 rings (SSSR count). The van der Waals surface area contributed by atoms with Crippen molar-refractivity contribution in [3.63, 3.8) is 0 Å². The summed E-state index contributed by atoms with van der Waals surface area (Å²) in [6, 6.07) is 4.79. The number of benzene rings is 1. The molecule has 0 radical (unpaired) electrons. The van der Waals surface area contributed by atoms with Gasteiger partial charge in [0.1, 0.15) is 0 Å². The zero-order chi connectivity index (χ0) is 19.5. The van der Waals surface area contributed by atoms with Crippen LogP contribution in [0.15, 0.2) is 18.2 Å². The van der Waals surface area contributed by atoms with Gasteiger partial charge in [0, 0.05) is 24.8 Å². The number of hydrogen-bond acceptors (Lipinski definition) is 5. The molecule has 0 saturated heterocycles. The molecule has 1 aromatic carbocycles. The van der Waals surface area contributed by atoms with Gasteiger partial charge in [-0.05, 0) is 56.2 Å². The number of hydrogen-bond donors (Lipinski definition) is 3. The minimum absolute atomic E-state index is 0.000333. The van der Waals surface area contributed by atoms with Crippen LogP contribution in [0.1, 0.15) is 29.8 Å². The molecule has 8 nitrogen and oxygen atoms in total. The van der Waals surface area contributed by atoms with Crippen molar-refractivity contribution in [2.24, 2.45) is 0 Å². The molecular formula is C16H24N4O4S2. The van der Waals surface area contributed by atoms with Crippen molar-refractivity contribution in [2.45, 2.75) is 32.4 Å². The fourth-order valence-electron chi connectivity index (χ4n) is 2.99. The summed E-state index contributed by atoms with van der Waals surface area (Å²) >= 11 is 5.10. The molecule has 0 aromatic heterocycles. The predicted molar refractivity (Wildman–Crippen MR) is 105 cm³/mol. The number of fused-ring (bicyclic) bond motifs is 1. The molecule has 144 valence electrons. The summed E-state index contributed by atoms with van der Waals surface area (Å²) in [7, 11) is -1.76. The molecule has 0 unspecified atom stereocenters. The highest BCUT2D eigenvalue weighted by molar-refractivity contribution is 7.92. The van der Waals surface area contributed by atoms with E-state index in [0.29, 0.717) is 24.3 Å². The van der Waals surface area contributed by atoms with E-state index in [1.165, 1.54) is 10.6 Å². The van der Waals surface area contributed by atoms with Gasteiger partial charge in [0.05, 0.1) is 18.6 Å². The summed E-state index contributed by atoms with van der Waals surface area (Å²) in [6.45, 7) is 4.22. The van der Waals surface area contributed by atoms with Crippen LogP contribution >= 0.6 is 12.2 Å². The second kappa shape index (κ2) is 8.19. The zero-order valence-electron chi connectivity index (χ0n) is 15.2. The number of hydrazine groups is 1. The van der Waals surface area contributed by atoms with Crippen molar-refractivity contribution in [1.82, 2.24) is 16.2 Å². The van der Waals surface area contributed by atoms with Crippen LogP contribution in [0.4, 0.5) is 5.69 Å². The van der Waals surface area contributed by atoms with Gasteiger partial charge >= 0.3 is 0 Å². The van der Waals surface area contributed by atoms with Gasteiger partial charge in [-0.3, -0.25) is 20.0 Å². The third-order valence-corrected chi connectivity index (χ3v) is 5.43. The summed E-state index contributed by atoms with van der Waals surface area (Å²) in [5.74, 6) is -0.359. The van der Waals surface area contributed by atoms with E-state index < -0.39 is 10.0 Å². The normalized spacial score (nSPS) is 17.4. The predicted octanol–water partition coefficient (Wildman–Crippen LogP) is 0.541. The van der Waals surface area contributed by atoms with Crippen LogP contribution < -0.4 is 20.5 Å². The SMILES string of the molecule is COC[C@H](C)NC(=S)NNC(=O)c1ccc2c(c1)C[C@@H](C)N2S(C)(=O)=O. The monoisotopic (exact) mass is 400 g/mol. The molecule has 26 heavy (non-hydrogen) atoms. The summed E-state index contributed by atoms with van der Waals surface area (Å²) in [5, 5.41) is 3.24. The number of amides is 1. The number of rotatable bonds is 5. The van der Waals surface area contributed by atoms with Crippen molar-refractivity contribution in [3.8, 4) is 0 Å². The Balaban J connectivity index is 2.02. The first kappa shape index (κ1) is 20.4. The second-order valence-corrected chi connectivity index (χ2v) is 8.63. The molecule has 0 spiro atoms. The Morgan fingerprint density at radius 3 is 2.73 bits per heavy atom. The number of nitrogens with one attached hydrogen (secondary N) is 3. The molecule has 1 aromatic rings. The lowest BCUT2D eigenvalue weighted by Crippen LogP contribution is -2.49. The van der Waals surface area contributed by atoms with Gasteiger partial charge in [0.25, 0.3) is 5.91 Å². The van der Waals surface area contributed by atoms with Crippen LogP contribution in [0.3, 0.4) is 0 Å². The van der Waals surface area contributed by atoms with Crippen LogP contribution in [0.5, 0.6) is 0 Å². The van der Waals surface area contributed by atoms with Crippen LogP contribution in [0.25, 0.3) is 0 Å². The van der Waals surface area contributed by atoms with Gasteiger partial charge in [0.15, 0.2) is 5.11 Å². The molecule has 0 aliphatic carbocycles. The fourth-order valence-corrected chi connectivity index (χ4v) is 4.50. The van der Waals surface area contributed by atoms with Crippen LogP contribution in [-0.4, -0.2) is 51.5 Å². The minimum atomic E-state index is -3.35. The highest BCUT2D eigenvalue weighted by Crippen LogP contribution is 2.34. The fraction of sp³-hybridized carbons (Fsp3) is 0.500. The number of carbonyl (C=O) groups excluding carboxylic acids is 1. The van der Waals surface area contributed by atoms with Gasteiger partial charge in [-0.15, -0.1) is 0 Å². The van der Waals surface area contributed by atoms with Crippen LogP contribution in [0, 0.1) is 0 Å². The summed E-state index contributed by atoms with van der Waals surface area (Å²) in [5.41, 5.74) is 7.03. The molecule has 3 N–H and O–H groups in total. The molecule has 1 heterocycles. The number of carbonyl (C=O) groups is 1. The maximum atomic E-state index is 12.3. The van der Waals surface area contributed by atoms with Gasteiger partial charge in [-0.2, -0.15) is 0 Å². The Kier molecular flexibility index (Phi) is 6.43. The largest absolute Gasteiger partial charge is 0.383 e. The van der Waals surface area contributed by atoms with E-state index in [1.54, 1.807) is 25.3 Å². The topological polar surface area (TPSA) is 99.8 Å². The van der Waals surface area contributed by atoms with Crippen molar-refractivity contribution >= 4 is 38.9 Å². The number of thiocarbonyl (C=S) groups is 1. The van der Waals surface area contributed by atoms with Crippen molar-refractivity contribution in [1.29, 1.82) is 0 Å². The molecule has 10 heteroatoms. The summed E-state index contributed by atoms with van der Waals surface area (Å²) in [4.78, 5) is 12.3. The molecule has 1 aliphatic rings. The Hall–Kier alpha value is -1.91. The van der Waals surface area contributed by atoms with Gasteiger partial charge in [-0.25, -0.2) is 8.42 Å². The first-order valence-corrected chi connectivity index (χ1v) is 10.4. The molecule has 1 amide bonds. The standard InChI is InChI=1S/C16H24N4O4S2/c1-10(9-24-3)17-16(25)19-18-15(21)12-5-6-14-13(8-12)7-11(2)20(14)26(4,22)23/h5-6,8,10-11H,7,9H2,1-4H3,(H,18,21)(H2,17,19,25)/t10-,11+/m0/s1. The Bertz CT molecular complexity index is 797. The molecule has 2 atom stereocenters. The number of anilines is 1. The number of sulfonamides is 1. The number of methoxy groups -OCH3 is 1. The van der Waals surface area contributed by atoms with Gasteiger partial charge in [-0.1, -0.05) is 0 Å². The Labute approximate surface area is 159 Å². The van der Waals surface area contributed by atoms with Gasteiger partial charge in [0.2, 0.25) is 10.0 Å². The highest BCUT2D eigenvalue weighted by Gasteiger charge is 2.32. The molecule has 0 bridgehead atoms. The quantitative estimate of drug-likeness (QED) is 0.490. The average Bonchev–Trinajstić information content (AvgIpc) is 2.87. The number of ether oxygens (including phenoxy) is 1. The lowest BCUT2D eigenvalue weighted by Gasteiger charge is -2.22. The maximum absolute atomic E-state index is 12.3. The van der Waals surface area contributed by atoms with Crippen molar-refractivity contribution < 1.29 is 17.9 Å². The zero-order valence-corrected chi connectivity index (χ0v) is 16.8. The van der Waals surface area contributed by atoms with Gasteiger partial charge < -0.3 is 10.1 Å². The number of nitrogens with zero attached hydrogens (tertiary/aromatic N) is 1. The van der Waals surface area contributed by atoms with Crippen molar-refractivity contribution in [2.75, 3.05) is 24.3 Å². The van der Waals surface area contributed by atoms with E-state index in [2.05, 4.69) is 16.2 Å². The van der Waals surface area contributed by atoms with Crippen molar-refractivity contribution in [3.05, 3.63) is 29.3 Å². The maximum Gasteiger partial charge on any atom is 0.269 e. The molecular weight excluding hydrogens is 376 g/mol. The molecule has 1 aliphatic heterocycles. The Morgan fingerprint density at radius 2 is 2.12 bits per heavy atom. The highest BCUT2D eigenvalue weighted by atomic mass is 32.2. The minimum Gasteiger partial charge on any atom is -0.383 e. The van der Waals surface area contributed by atoms with E-state index >= 15 is 0 Å². The van der Waals surface area contributed by atoms with E-state index in [1.807, 2.05) is 13.8 Å². The average molecular weight is 401 g/mol. The first-order valence-electron chi connectivity index (χ1n) is 8.11. The lowest BCUT2D eigenvalue weighted by molar-refractivity contribution is 0.0943. The first-order chi connectivity index (χ1) is 12.1. The van der Waals surface area contributed by atoms with E-state index in [-0.39, 0.29) is 23.1 Å². The summed E-state index contributed by atoms with van der Waals surface area (Å²) in [6.07, 6.45) is 1.74. The second-order valence-electron chi connectivity index (χ2n) is 6.36. The van der Waals surface area contributed by atoms with Crippen LogP contribution in [-0.2, 0) is 21.2 Å². The third-order valence-electron chi connectivity index (χ3n) is 3.94. The Morgan fingerprint density at radius 1 is 1.42 bits per heavy atom. The van der Waals surface area contributed by atoms with Crippen LogP contribution in [0.2, 0.25) is 0 Å². The van der Waals surface area contributed by atoms with E-state index in [9.17, 15) is 13.2 Å². The smallest absolute Gasteiger partial charge is 0.269 e. The van der Waals surface area contributed by atoms with E-state index in [0.717, 1.165) is 5.56 Å². The lowest BCUT2D eigenvalue weighted by atomic mass is 10.1.